The van der Waals surface area contributed by atoms with E-state index in [1.807, 2.05) is 48.5 Å². The number of hydrogen-bond donors (Lipinski definition) is 1. The van der Waals surface area contributed by atoms with Crippen molar-refractivity contribution in [3.05, 3.63) is 64.7 Å². The van der Waals surface area contributed by atoms with E-state index in [1.165, 1.54) is 11.8 Å². The van der Waals surface area contributed by atoms with Crippen LogP contribution in [0.3, 0.4) is 0 Å². The average Bonchev–Trinajstić information content (AvgIpc) is 2.60. The second kappa shape index (κ2) is 9.05. The van der Waals surface area contributed by atoms with E-state index in [4.69, 9.17) is 11.6 Å². The number of nitrogens with one attached hydrogen (secondary N) is 1. The van der Waals surface area contributed by atoms with Crippen molar-refractivity contribution in [2.45, 2.75) is 39.5 Å². The molecule has 0 radical (unpaired) electrons. The molecule has 0 atom stereocenters. The summed E-state index contributed by atoms with van der Waals surface area (Å²) in [6, 6.07) is 15.3. The number of benzene rings is 2. The molecule has 144 valence electrons. The fourth-order valence-corrected chi connectivity index (χ4v) is 3.03. The molecule has 4 nitrogen and oxygen atoms in total. The Morgan fingerprint density at radius 2 is 1.67 bits per heavy atom. The number of hydrogen-bond acceptors (Lipinski definition) is 2. The summed E-state index contributed by atoms with van der Waals surface area (Å²) in [5.41, 5.74) is 2.79. The Kier molecular flexibility index (Phi) is 7.03. The lowest BCUT2D eigenvalue weighted by molar-refractivity contribution is -0.123. The molecule has 2 aromatic carbocycles. The van der Waals surface area contributed by atoms with E-state index in [0.717, 1.165) is 16.8 Å². The van der Waals surface area contributed by atoms with E-state index in [0.29, 0.717) is 18.0 Å². The molecule has 0 aliphatic heterocycles. The SMILES string of the molecule is CC(=O)N(CC(=O)NCCc1ccc(Cl)cc1)c1ccccc1C(C)(C)C. The fraction of sp³-hybridized carbons (Fsp3) is 0.364. The smallest absolute Gasteiger partial charge is 0.240 e. The average molecular weight is 387 g/mol. The first-order chi connectivity index (χ1) is 12.7. The minimum atomic E-state index is -0.178. The van der Waals surface area contributed by atoms with Crippen LogP contribution < -0.4 is 10.2 Å². The van der Waals surface area contributed by atoms with E-state index < -0.39 is 0 Å². The van der Waals surface area contributed by atoms with Gasteiger partial charge >= 0.3 is 0 Å². The fourth-order valence-electron chi connectivity index (χ4n) is 2.91. The highest BCUT2D eigenvalue weighted by Crippen LogP contribution is 2.31. The molecule has 5 heteroatoms. The Labute approximate surface area is 166 Å². The third kappa shape index (κ3) is 6.10. The van der Waals surface area contributed by atoms with Crippen molar-refractivity contribution < 1.29 is 9.59 Å². The molecule has 2 rings (SSSR count). The Morgan fingerprint density at radius 3 is 2.26 bits per heavy atom. The van der Waals surface area contributed by atoms with Gasteiger partial charge in [-0.25, -0.2) is 0 Å². The summed E-state index contributed by atoms with van der Waals surface area (Å²) in [7, 11) is 0. The number of para-hydroxylation sites is 1. The van der Waals surface area contributed by atoms with Crippen molar-refractivity contribution in [3.63, 3.8) is 0 Å². The van der Waals surface area contributed by atoms with Crippen LogP contribution in [0.5, 0.6) is 0 Å². The second-order valence-electron chi connectivity index (χ2n) is 7.60. The largest absolute Gasteiger partial charge is 0.354 e. The van der Waals surface area contributed by atoms with Crippen LogP contribution in [-0.4, -0.2) is 24.9 Å². The van der Waals surface area contributed by atoms with Crippen LogP contribution in [0.2, 0.25) is 5.02 Å². The molecule has 27 heavy (non-hydrogen) atoms. The van der Waals surface area contributed by atoms with Crippen LogP contribution in [0.4, 0.5) is 5.69 Å². The minimum Gasteiger partial charge on any atom is -0.354 e. The van der Waals surface area contributed by atoms with Gasteiger partial charge in [-0.3, -0.25) is 9.59 Å². The number of carbonyl (C=O) groups excluding carboxylic acids is 2. The highest BCUT2D eigenvalue weighted by molar-refractivity contribution is 6.30. The molecule has 0 spiro atoms. The molecule has 0 heterocycles. The van der Waals surface area contributed by atoms with Crippen molar-refractivity contribution in [1.29, 1.82) is 0 Å². The highest BCUT2D eigenvalue weighted by Gasteiger charge is 2.24. The molecule has 0 saturated carbocycles. The van der Waals surface area contributed by atoms with Crippen molar-refractivity contribution in [3.8, 4) is 0 Å². The second-order valence-corrected chi connectivity index (χ2v) is 8.04. The van der Waals surface area contributed by atoms with Gasteiger partial charge in [0.2, 0.25) is 11.8 Å². The number of anilines is 1. The molecule has 1 N–H and O–H groups in total. The first-order valence-electron chi connectivity index (χ1n) is 9.07. The molecule has 0 aliphatic rings. The number of amides is 2. The number of carbonyl (C=O) groups is 2. The summed E-state index contributed by atoms with van der Waals surface area (Å²) < 4.78 is 0. The van der Waals surface area contributed by atoms with Gasteiger partial charge in [0.15, 0.2) is 0 Å². The van der Waals surface area contributed by atoms with E-state index in [1.54, 1.807) is 0 Å². The van der Waals surface area contributed by atoms with E-state index >= 15 is 0 Å². The van der Waals surface area contributed by atoms with Gasteiger partial charge in [0.1, 0.15) is 6.54 Å². The third-order valence-electron chi connectivity index (χ3n) is 4.33. The van der Waals surface area contributed by atoms with Gasteiger partial charge in [-0.1, -0.05) is 62.7 Å². The monoisotopic (exact) mass is 386 g/mol. The molecule has 0 aliphatic carbocycles. The topological polar surface area (TPSA) is 49.4 Å². The molecule has 0 unspecified atom stereocenters. The van der Waals surface area contributed by atoms with Gasteiger partial charge in [0, 0.05) is 24.2 Å². The normalized spacial score (nSPS) is 11.1. The van der Waals surface area contributed by atoms with Crippen molar-refractivity contribution >= 4 is 29.1 Å². The summed E-state index contributed by atoms with van der Waals surface area (Å²) in [6.45, 7) is 8.28. The highest BCUT2D eigenvalue weighted by atomic mass is 35.5. The predicted octanol–water partition coefficient (Wildman–Crippen LogP) is 4.35. The van der Waals surface area contributed by atoms with Crippen LogP contribution in [0.15, 0.2) is 48.5 Å². The first kappa shape index (κ1) is 21.0. The van der Waals surface area contributed by atoms with Crippen molar-refractivity contribution in [2.24, 2.45) is 0 Å². The molecular formula is C22H27ClN2O2. The number of halogens is 1. The standard InChI is InChI=1S/C22H27ClN2O2/c1-16(26)25(20-8-6-5-7-19(20)22(2,3)4)15-21(27)24-14-13-17-9-11-18(23)12-10-17/h5-12H,13-15H2,1-4H3,(H,24,27). The summed E-state index contributed by atoms with van der Waals surface area (Å²) in [4.78, 5) is 26.2. The van der Waals surface area contributed by atoms with E-state index in [2.05, 4.69) is 26.1 Å². The molecule has 2 amide bonds. The van der Waals surface area contributed by atoms with Gasteiger partial charge in [-0.2, -0.15) is 0 Å². The van der Waals surface area contributed by atoms with Crippen LogP contribution in [0, 0.1) is 0 Å². The molecule has 0 saturated heterocycles. The van der Waals surface area contributed by atoms with Crippen LogP contribution in [0.25, 0.3) is 0 Å². The predicted molar refractivity (Wildman–Crippen MR) is 111 cm³/mol. The van der Waals surface area contributed by atoms with Crippen LogP contribution in [0.1, 0.15) is 38.8 Å². The molecular weight excluding hydrogens is 360 g/mol. The van der Waals surface area contributed by atoms with Gasteiger partial charge < -0.3 is 10.2 Å². The summed E-state index contributed by atoms with van der Waals surface area (Å²) in [5.74, 6) is -0.331. The Balaban J connectivity index is 2.03. The summed E-state index contributed by atoms with van der Waals surface area (Å²) in [5, 5.41) is 3.59. The minimum absolute atomic E-state index is 0.00302. The van der Waals surface area contributed by atoms with Gasteiger partial charge in [-0.15, -0.1) is 0 Å². The zero-order valence-electron chi connectivity index (χ0n) is 16.4. The maximum absolute atomic E-state index is 12.4. The Hall–Kier alpha value is -2.33. The van der Waals surface area contributed by atoms with E-state index in [9.17, 15) is 9.59 Å². The van der Waals surface area contributed by atoms with Crippen molar-refractivity contribution in [2.75, 3.05) is 18.0 Å². The van der Waals surface area contributed by atoms with Gasteiger partial charge in [0.25, 0.3) is 0 Å². The lowest BCUT2D eigenvalue weighted by atomic mass is 9.85. The summed E-state index contributed by atoms with van der Waals surface area (Å²) >= 11 is 5.88. The zero-order valence-corrected chi connectivity index (χ0v) is 17.1. The van der Waals surface area contributed by atoms with Crippen LogP contribution in [-0.2, 0) is 21.4 Å². The first-order valence-corrected chi connectivity index (χ1v) is 9.45. The quantitative estimate of drug-likeness (QED) is 0.802. The van der Waals surface area contributed by atoms with Gasteiger partial charge in [0.05, 0.1) is 0 Å². The van der Waals surface area contributed by atoms with Crippen molar-refractivity contribution in [1.82, 2.24) is 5.32 Å². The molecule has 0 fully saturated rings. The third-order valence-corrected chi connectivity index (χ3v) is 4.59. The molecule has 2 aromatic rings. The van der Waals surface area contributed by atoms with E-state index in [-0.39, 0.29) is 23.8 Å². The zero-order chi connectivity index (χ0) is 20.0. The summed E-state index contributed by atoms with van der Waals surface area (Å²) in [6.07, 6.45) is 0.710. The molecule has 0 bridgehead atoms. The number of rotatable bonds is 6. The maximum atomic E-state index is 12.4. The lowest BCUT2D eigenvalue weighted by Gasteiger charge is -2.29. The Bertz CT molecular complexity index is 795. The maximum Gasteiger partial charge on any atom is 0.240 e. The van der Waals surface area contributed by atoms with Gasteiger partial charge in [-0.05, 0) is 41.2 Å². The molecule has 0 aromatic heterocycles. The lowest BCUT2D eigenvalue weighted by Crippen LogP contribution is -2.41. The number of nitrogens with zero attached hydrogens (tertiary/aromatic N) is 1. The Morgan fingerprint density at radius 1 is 1.04 bits per heavy atom. The van der Waals surface area contributed by atoms with Crippen LogP contribution >= 0.6 is 11.6 Å².